The third kappa shape index (κ3) is 4.28. The van der Waals surface area contributed by atoms with E-state index in [0.717, 1.165) is 30.2 Å². The Morgan fingerprint density at radius 3 is 1.28 bits per heavy atom. The van der Waals surface area contributed by atoms with E-state index in [4.69, 9.17) is 4.74 Å². The van der Waals surface area contributed by atoms with E-state index in [0.29, 0.717) is 0 Å². The first-order valence-corrected chi connectivity index (χ1v) is 18.7. The van der Waals surface area contributed by atoms with E-state index in [9.17, 15) is 19.8 Å². The Bertz CT molecular complexity index is 1290. The molecule has 0 aromatic heterocycles. The van der Waals surface area contributed by atoms with Crippen molar-refractivity contribution in [1.82, 2.24) is 0 Å². The highest BCUT2D eigenvalue weighted by molar-refractivity contribution is 8.35. The van der Waals surface area contributed by atoms with Crippen molar-refractivity contribution in [3.05, 3.63) is 65.5 Å². The second-order valence-corrected chi connectivity index (χ2v) is 19.2. The number of rotatable bonds is 2. The zero-order valence-electron chi connectivity index (χ0n) is 20.0. The molecular formula is C26H20O5S8. The predicted molar refractivity (Wildman–Crippen MR) is 169 cm³/mol. The number of hydrogen-bond donors (Lipinski definition) is 2. The van der Waals surface area contributed by atoms with Crippen LogP contribution >= 0.6 is 94.1 Å². The van der Waals surface area contributed by atoms with E-state index >= 15 is 0 Å². The van der Waals surface area contributed by atoms with Crippen LogP contribution < -0.4 is 0 Å². The van der Waals surface area contributed by atoms with Crippen LogP contribution in [0, 0.1) is 0 Å². The maximum atomic E-state index is 12.8. The number of ether oxygens (including phenoxy) is 1. The van der Waals surface area contributed by atoms with Crippen LogP contribution in [0.25, 0.3) is 0 Å². The van der Waals surface area contributed by atoms with Crippen molar-refractivity contribution >= 4 is 106 Å². The second-order valence-electron chi connectivity index (χ2n) is 9.13. The smallest absolute Gasteiger partial charge is 0.323 e. The Labute approximate surface area is 259 Å². The van der Waals surface area contributed by atoms with Gasteiger partial charge in [0.05, 0.1) is 27.4 Å². The minimum Gasteiger partial charge on any atom is -0.480 e. The maximum absolute atomic E-state index is 12.8. The van der Waals surface area contributed by atoms with Gasteiger partial charge in [-0.25, -0.2) is 0 Å². The molecule has 3 saturated heterocycles. The molecule has 8 rings (SSSR count). The fourth-order valence-corrected chi connectivity index (χ4v) is 19.1. The van der Waals surface area contributed by atoms with Gasteiger partial charge >= 0.3 is 11.9 Å². The number of fused-ring (bicyclic) bond motifs is 6. The maximum Gasteiger partial charge on any atom is 0.323 e. The molecule has 4 atom stereocenters. The molecule has 5 aliphatic heterocycles. The van der Waals surface area contributed by atoms with Crippen molar-refractivity contribution in [1.29, 1.82) is 0 Å². The normalized spacial score (nSPS) is 31.7. The summed E-state index contributed by atoms with van der Waals surface area (Å²) < 4.78 is 6.17. The van der Waals surface area contributed by atoms with Crippen molar-refractivity contribution in [2.75, 3.05) is 13.2 Å². The fourth-order valence-electron chi connectivity index (χ4n) is 5.07. The summed E-state index contributed by atoms with van der Waals surface area (Å²) in [5.41, 5.74) is 0. The molecule has 1 aliphatic carbocycles. The van der Waals surface area contributed by atoms with Crippen LogP contribution in [0.2, 0.25) is 0 Å². The molecule has 2 aromatic rings. The summed E-state index contributed by atoms with van der Waals surface area (Å²) in [4.78, 5) is 30.3. The molecule has 6 aliphatic rings. The van der Waals surface area contributed by atoms with Gasteiger partial charge in [0, 0.05) is 32.8 Å². The van der Waals surface area contributed by atoms with E-state index < -0.39 is 21.4 Å². The van der Waals surface area contributed by atoms with Gasteiger partial charge in [0.1, 0.15) is 0 Å². The molecule has 13 heteroatoms. The lowest BCUT2D eigenvalue weighted by atomic mass is 9.70. The van der Waals surface area contributed by atoms with Crippen LogP contribution in [-0.4, -0.2) is 55.4 Å². The third-order valence-electron chi connectivity index (χ3n) is 6.91. The van der Waals surface area contributed by atoms with Crippen molar-refractivity contribution in [3.8, 4) is 0 Å². The first-order chi connectivity index (χ1) is 18.9. The third-order valence-corrected chi connectivity index (χ3v) is 20.3. The zero-order chi connectivity index (χ0) is 26.8. The Morgan fingerprint density at radius 2 is 1.00 bits per heavy atom. The van der Waals surface area contributed by atoms with Gasteiger partial charge < -0.3 is 14.9 Å². The Kier molecular flexibility index (Phi) is 7.54. The van der Waals surface area contributed by atoms with Gasteiger partial charge in [-0.3, -0.25) is 9.59 Å². The largest absolute Gasteiger partial charge is 0.480 e. The summed E-state index contributed by atoms with van der Waals surface area (Å²) >= 11 is 12.3. The van der Waals surface area contributed by atoms with E-state index in [2.05, 4.69) is 24.3 Å². The van der Waals surface area contributed by atoms with Gasteiger partial charge in [-0.2, -0.15) is 0 Å². The van der Waals surface area contributed by atoms with Gasteiger partial charge in [0.2, 0.25) is 0 Å². The zero-order valence-corrected chi connectivity index (χ0v) is 26.5. The van der Waals surface area contributed by atoms with E-state index in [-0.39, 0.29) is 10.5 Å². The quantitative estimate of drug-likeness (QED) is 0.323. The van der Waals surface area contributed by atoms with Crippen molar-refractivity contribution in [2.24, 2.45) is 0 Å². The second kappa shape index (κ2) is 10.7. The number of carboxylic acid groups (broad SMARTS) is 2. The van der Waals surface area contributed by atoms with Crippen LogP contribution in [-0.2, 0) is 14.3 Å². The summed E-state index contributed by atoms with van der Waals surface area (Å²) in [7, 11) is 0. The molecule has 2 N–H and O–H groups in total. The molecule has 2 aromatic carbocycles. The number of hydrogen-bond acceptors (Lipinski definition) is 11. The Balaban J connectivity index is 0.000000458. The van der Waals surface area contributed by atoms with E-state index in [1.807, 2.05) is 24.3 Å². The molecule has 202 valence electrons. The summed E-state index contributed by atoms with van der Waals surface area (Å²) in [5.74, 6) is -2.05. The number of carbonyl (C=O) groups is 2. The van der Waals surface area contributed by atoms with Gasteiger partial charge in [-0.05, 0) is 37.1 Å². The molecule has 0 radical (unpaired) electrons. The molecule has 39 heavy (non-hydrogen) atoms. The number of thioether (sulfide) groups is 8. The minimum atomic E-state index is -1.40. The first kappa shape index (κ1) is 27.5. The lowest BCUT2D eigenvalue weighted by Gasteiger charge is -2.55. The van der Waals surface area contributed by atoms with E-state index in [1.54, 1.807) is 70.6 Å². The standard InChI is InChI=1S/C22H12O4S8.C4H8O/c23-19(24)21-13(31-17(33-21)15-27-9-5-1-2-6-10(9)28-15)14-22(21,20(25)26)34-18(32-14)16-29-11-7-3-4-8-12(11)30-16;1-2-4-5-3-1/h1-8,13-14H,(H,23,24)(H,25,26);1-4H2/t13-,14+,21+,22-;. The van der Waals surface area contributed by atoms with Gasteiger partial charge in [-0.15, -0.1) is 23.5 Å². The Morgan fingerprint density at radius 1 is 0.641 bits per heavy atom. The Hall–Kier alpha value is -0.380. The molecule has 0 amide bonds. The SMILES string of the molecule is C1CCOC1.O=C(O)[C@@]12SC(=C3Sc4ccccc4S3)S[C@@H]1[C@@H]1SC(=C3Sc4ccccc4S3)S[C@@]12C(=O)O. The number of carboxylic acids is 2. The molecule has 4 fully saturated rings. The number of benzene rings is 2. The predicted octanol–water partition coefficient (Wildman–Crippen LogP) is 8.19. The summed E-state index contributed by atoms with van der Waals surface area (Å²) in [5, 5.41) is 20.4. The number of aliphatic carboxylic acids is 2. The molecule has 0 unspecified atom stereocenters. The fraction of sp³-hybridized carbons (Fsp3) is 0.308. The highest BCUT2D eigenvalue weighted by atomic mass is 32.2. The van der Waals surface area contributed by atoms with Gasteiger partial charge in [-0.1, -0.05) is 94.8 Å². The van der Waals surface area contributed by atoms with Gasteiger partial charge in [0.25, 0.3) is 0 Å². The van der Waals surface area contributed by atoms with E-state index in [1.165, 1.54) is 55.9 Å². The highest BCUT2D eigenvalue weighted by Crippen LogP contribution is 2.81. The molecule has 1 saturated carbocycles. The lowest BCUT2D eigenvalue weighted by Crippen LogP contribution is -2.79. The average Bonchev–Trinajstić information content (AvgIpc) is 3.75. The van der Waals surface area contributed by atoms with Crippen LogP contribution in [0.3, 0.4) is 0 Å². The average molecular weight is 669 g/mol. The van der Waals surface area contributed by atoms with Crippen LogP contribution in [0.1, 0.15) is 12.8 Å². The minimum absolute atomic E-state index is 0.298. The summed E-state index contributed by atoms with van der Waals surface area (Å²) in [6.45, 7) is 2.00. The van der Waals surface area contributed by atoms with Gasteiger partial charge in [0.15, 0.2) is 9.49 Å². The summed E-state index contributed by atoms with van der Waals surface area (Å²) in [6, 6.07) is 16.3. The van der Waals surface area contributed by atoms with Crippen LogP contribution in [0.15, 0.2) is 85.1 Å². The molecule has 5 heterocycles. The molecular weight excluding hydrogens is 649 g/mol. The van der Waals surface area contributed by atoms with Crippen molar-refractivity contribution < 1.29 is 24.5 Å². The first-order valence-electron chi connectivity index (χ1n) is 12.1. The molecule has 0 bridgehead atoms. The van der Waals surface area contributed by atoms with Crippen molar-refractivity contribution in [3.63, 3.8) is 0 Å². The van der Waals surface area contributed by atoms with Crippen LogP contribution in [0.4, 0.5) is 0 Å². The highest BCUT2D eigenvalue weighted by Gasteiger charge is 2.86. The summed E-state index contributed by atoms with van der Waals surface area (Å²) in [6.07, 6.45) is 2.56. The lowest BCUT2D eigenvalue weighted by molar-refractivity contribution is -0.152. The topological polar surface area (TPSA) is 83.8 Å². The van der Waals surface area contributed by atoms with Crippen molar-refractivity contribution in [2.45, 2.75) is 52.4 Å². The monoisotopic (exact) mass is 668 g/mol. The molecule has 5 nitrogen and oxygen atoms in total. The van der Waals surface area contributed by atoms with Crippen LogP contribution in [0.5, 0.6) is 0 Å². The molecule has 0 spiro atoms.